The molecule has 8 nitrogen and oxygen atoms in total. The Bertz CT molecular complexity index is 985. The fraction of sp³-hybridized carbons (Fsp3) is 0.267. The Labute approximate surface area is 141 Å². The number of hydrogen-bond donors (Lipinski definition) is 0. The van der Waals surface area contributed by atoms with E-state index < -0.39 is 0 Å². The number of hydrogen-bond acceptors (Lipinski definition) is 8. The van der Waals surface area contributed by atoms with Gasteiger partial charge in [0.2, 0.25) is 5.65 Å². The van der Waals surface area contributed by atoms with E-state index in [1.165, 1.54) is 0 Å². The lowest BCUT2D eigenvalue weighted by Crippen LogP contribution is -2.59. The lowest BCUT2D eigenvalue weighted by molar-refractivity contribution is 0.492. The Morgan fingerprint density at radius 3 is 3.08 bits per heavy atom. The molecule has 4 aromatic heterocycles. The van der Waals surface area contributed by atoms with E-state index in [4.69, 9.17) is 0 Å². The number of pyridine rings is 1. The summed E-state index contributed by atoms with van der Waals surface area (Å²) in [5, 5.41) is 9.13. The zero-order chi connectivity index (χ0) is 16.1. The number of aromatic nitrogens is 6. The van der Waals surface area contributed by atoms with Crippen LogP contribution in [0, 0.1) is 0 Å². The maximum Gasteiger partial charge on any atom is 0.203 e. The van der Waals surface area contributed by atoms with E-state index in [1.807, 2.05) is 22.9 Å². The molecule has 9 heteroatoms. The molecule has 0 atom stereocenters. The molecule has 1 fully saturated rings. The Kier molecular flexibility index (Phi) is 2.89. The van der Waals surface area contributed by atoms with Gasteiger partial charge in [0.25, 0.3) is 0 Å². The Balaban J connectivity index is 1.36. The fourth-order valence-corrected chi connectivity index (χ4v) is 3.88. The molecule has 0 bridgehead atoms. The third-order valence-electron chi connectivity index (χ3n) is 4.39. The lowest BCUT2D eigenvalue weighted by atomic mass is 10.1. The second-order valence-electron chi connectivity index (χ2n) is 5.82. The topological polar surface area (TPSA) is 75.3 Å². The molecule has 0 amide bonds. The van der Waals surface area contributed by atoms with E-state index in [9.17, 15) is 0 Å². The number of nitrogens with zero attached hydrogens (tertiary/aromatic N) is 8. The second-order valence-corrected chi connectivity index (χ2v) is 6.83. The van der Waals surface area contributed by atoms with Crippen molar-refractivity contribution >= 4 is 38.2 Å². The number of anilines is 2. The van der Waals surface area contributed by atoms with Crippen LogP contribution in [0.3, 0.4) is 0 Å². The fourth-order valence-electron chi connectivity index (χ4n) is 2.92. The van der Waals surface area contributed by atoms with Crippen LogP contribution in [0.2, 0.25) is 0 Å². The summed E-state index contributed by atoms with van der Waals surface area (Å²) >= 11 is 1.70. The molecule has 0 unspecified atom stereocenters. The van der Waals surface area contributed by atoms with Gasteiger partial charge in [-0.05, 0) is 6.07 Å². The Hall–Kier alpha value is -2.81. The average Bonchev–Trinajstić information content (AvgIpc) is 3.20. The minimum absolute atomic E-state index is 0.406. The minimum Gasteiger partial charge on any atom is -0.349 e. The quantitative estimate of drug-likeness (QED) is 0.560. The van der Waals surface area contributed by atoms with Crippen molar-refractivity contribution < 1.29 is 0 Å². The van der Waals surface area contributed by atoms with Crippen LogP contribution < -0.4 is 9.80 Å². The van der Waals surface area contributed by atoms with Crippen molar-refractivity contribution in [2.75, 3.05) is 29.9 Å². The van der Waals surface area contributed by atoms with Gasteiger partial charge in [-0.25, -0.2) is 9.97 Å². The molecular weight excluding hydrogens is 324 g/mol. The number of fused-ring (bicyclic) bond motifs is 2. The summed E-state index contributed by atoms with van der Waals surface area (Å²) in [6.07, 6.45) is 8.95. The van der Waals surface area contributed by atoms with E-state index in [1.54, 1.807) is 30.1 Å². The highest BCUT2D eigenvalue weighted by atomic mass is 32.1. The van der Waals surface area contributed by atoms with Crippen molar-refractivity contribution in [3.8, 4) is 0 Å². The van der Waals surface area contributed by atoms with Crippen LogP contribution in [-0.2, 0) is 0 Å². The largest absolute Gasteiger partial charge is 0.349 e. The summed E-state index contributed by atoms with van der Waals surface area (Å²) in [7, 11) is 2.10. The summed E-state index contributed by atoms with van der Waals surface area (Å²) < 4.78 is 3.05. The first-order chi connectivity index (χ1) is 11.8. The van der Waals surface area contributed by atoms with Gasteiger partial charge in [0.1, 0.15) is 11.8 Å². The molecule has 1 saturated heterocycles. The molecule has 0 radical (unpaired) electrons. The molecule has 1 aliphatic rings. The van der Waals surface area contributed by atoms with E-state index in [2.05, 4.69) is 42.0 Å². The molecule has 5 rings (SSSR count). The number of rotatable bonds is 3. The number of thiazole rings is 1. The molecule has 5 heterocycles. The molecule has 24 heavy (non-hydrogen) atoms. The van der Waals surface area contributed by atoms with Gasteiger partial charge in [0.15, 0.2) is 10.9 Å². The van der Waals surface area contributed by atoms with E-state index in [-0.39, 0.29) is 0 Å². The van der Waals surface area contributed by atoms with Gasteiger partial charge in [-0.1, -0.05) is 11.3 Å². The zero-order valence-corrected chi connectivity index (χ0v) is 13.8. The van der Waals surface area contributed by atoms with Crippen molar-refractivity contribution in [2.45, 2.75) is 6.04 Å². The van der Waals surface area contributed by atoms with Crippen LogP contribution >= 0.6 is 11.3 Å². The van der Waals surface area contributed by atoms with Gasteiger partial charge in [0, 0.05) is 38.7 Å². The van der Waals surface area contributed by atoms with Crippen LogP contribution in [0.1, 0.15) is 0 Å². The van der Waals surface area contributed by atoms with Crippen LogP contribution in [-0.4, -0.2) is 55.7 Å². The monoisotopic (exact) mass is 338 g/mol. The van der Waals surface area contributed by atoms with Gasteiger partial charge >= 0.3 is 0 Å². The summed E-state index contributed by atoms with van der Waals surface area (Å²) in [4.78, 5) is 17.7. The molecule has 0 aliphatic carbocycles. The molecule has 1 aliphatic heterocycles. The predicted molar refractivity (Wildman–Crippen MR) is 92.6 cm³/mol. The van der Waals surface area contributed by atoms with Crippen molar-refractivity contribution in [1.82, 2.24) is 29.5 Å². The molecule has 0 aromatic carbocycles. The Morgan fingerprint density at radius 1 is 1.29 bits per heavy atom. The molecule has 0 saturated carbocycles. The van der Waals surface area contributed by atoms with E-state index >= 15 is 0 Å². The predicted octanol–water partition coefficient (Wildman–Crippen LogP) is 1.45. The average molecular weight is 338 g/mol. The van der Waals surface area contributed by atoms with Gasteiger partial charge in [-0.2, -0.15) is 0 Å². The first-order valence-corrected chi connectivity index (χ1v) is 8.44. The third-order valence-corrected chi connectivity index (χ3v) is 5.51. The summed E-state index contributed by atoms with van der Waals surface area (Å²) in [5.41, 5.74) is 1.75. The molecule has 4 aromatic rings. The lowest BCUT2D eigenvalue weighted by Gasteiger charge is -2.44. The molecular formula is C15H14N8S. The van der Waals surface area contributed by atoms with Gasteiger partial charge in [-0.15, -0.1) is 10.2 Å². The standard InChI is InChI=1S/C15H14N8S/c1-21(15-19-11-6-16-3-2-12(11)24-15)10-7-23(8-10)13-14-20-18-9-22(14)5-4-17-13/h2-6,9-10H,7-8H2,1H3. The maximum absolute atomic E-state index is 4.68. The summed E-state index contributed by atoms with van der Waals surface area (Å²) in [6.45, 7) is 1.79. The Morgan fingerprint density at radius 2 is 2.21 bits per heavy atom. The van der Waals surface area contributed by atoms with Crippen molar-refractivity contribution in [3.63, 3.8) is 0 Å². The van der Waals surface area contributed by atoms with Crippen LogP contribution in [0.4, 0.5) is 10.9 Å². The van der Waals surface area contributed by atoms with Gasteiger partial charge < -0.3 is 9.80 Å². The highest BCUT2D eigenvalue weighted by molar-refractivity contribution is 7.22. The van der Waals surface area contributed by atoms with Crippen molar-refractivity contribution in [3.05, 3.63) is 37.2 Å². The van der Waals surface area contributed by atoms with Crippen LogP contribution in [0.25, 0.3) is 15.9 Å². The minimum atomic E-state index is 0.406. The summed E-state index contributed by atoms with van der Waals surface area (Å²) in [5.74, 6) is 0.883. The third kappa shape index (κ3) is 2.01. The number of likely N-dealkylation sites (N-methyl/N-ethyl adjacent to an activating group) is 1. The highest BCUT2D eigenvalue weighted by Crippen LogP contribution is 2.31. The van der Waals surface area contributed by atoms with Crippen LogP contribution in [0.5, 0.6) is 0 Å². The SMILES string of the molecule is CN(c1nc2cnccc2s1)C1CN(c2nccn3cnnc23)C1. The zero-order valence-electron chi connectivity index (χ0n) is 12.9. The van der Waals surface area contributed by atoms with Gasteiger partial charge in [-0.3, -0.25) is 9.38 Å². The first kappa shape index (κ1) is 13.6. The first-order valence-electron chi connectivity index (χ1n) is 7.62. The normalized spacial score (nSPS) is 15.1. The molecule has 0 N–H and O–H groups in total. The van der Waals surface area contributed by atoms with Crippen LogP contribution in [0.15, 0.2) is 37.2 Å². The second kappa shape index (κ2) is 5.10. The smallest absolute Gasteiger partial charge is 0.203 e. The maximum atomic E-state index is 4.68. The summed E-state index contributed by atoms with van der Waals surface area (Å²) in [6, 6.07) is 2.41. The molecule has 120 valence electrons. The van der Waals surface area contributed by atoms with E-state index in [0.29, 0.717) is 6.04 Å². The van der Waals surface area contributed by atoms with Crippen molar-refractivity contribution in [2.24, 2.45) is 0 Å². The molecule has 0 spiro atoms. The van der Waals surface area contributed by atoms with E-state index in [0.717, 1.165) is 39.9 Å². The highest BCUT2D eigenvalue weighted by Gasteiger charge is 2.33. The van der Waals surface area contributed by atoms with Crippen molar-refractivity contribution in [1.29, 1.82) is 0 Å². The van der Waals surface area contributed by atoms with Gasteiger partial charge in [0.05, 0.1) is 16.9 Å².